The Morgan fingerprint density at radius 2 is 1.89 bits per heavy atom. The molecule has 2 atom stereocenters. The first kappa shape index (κ1) is 20.6. The average molecular weight is 420 g/mol. The molecule has 1 aliphatic heterocycles. The Morgan fingerprint density at radius 3 is 2.54 bits per heavy atom. The number of thioether (sulfide) groups is 1. The maximum atomic E-state index is 13.2. The molecule has 0 spiro atoms. The second-order valence-corrected chi connectivity index (χ2v) is 7.82. The molecule has 28 heavy (non-hydrogen) atoms. The quantitative estimate of drug-likeness (QED) is 0.660. The van der Waals surface area contributed by atoms with E-state index >= 15 is 0 Å². The fraction of sp³-hybridized carbons (Fsp3) is 0.333. The van der Waals surface area contributed by atoms with E-state index in [0.717, 1.165) is 16.9 Å². The molecule has 0 saturated carbocycles. The van der Waals surface area contributed by atoms with Gasteiger partial charge in [0.2, 0.25) is 5.91 Å². The summed E-state index contributed by atoms with van der Waals surface area (Å²) in [5.41, 5.74) is 1.67. The van der Waals surface area contributed by atoms with E-state index in [0.29, 0.717) is 10.8 Å². The van der Waals surface area contributed by atoms with Crippen molar-refractivity contribution < 1.29 is 19.1 Å². The molecule has 1 aliphatic rings. The summed E-state index contributed by atoms with van der Waals surface area (Å²) in [5.74, 6) is 0.681. The number of amides is 1. The summed E-state index contributed by atoms with van der Waals surface area (Å²) in [4.78, 5) is 27.3. The van der Waals surface area contributed by atoms with Crippen LogP contribution in [0, 0.1) is 0 Å². The van der Waals surface area contributed by atoms with Gasteiger partial charge in [0.1, 0.15) is 17.2 Å². The van der Waals surface area contributed by atoms with Crippen molar-refractivity contribution in [2.45, 2.75) is 24.8 Å². The molecule has 5 nitrogen and oxygen atoms in total. The van der Waals surface area contributed by atoms with Gasteiger partial charge in [-0.05, 0) is 30.7 Å². The summed E-state index contributed by atoms with van der Waals surface area (Å²) in [5, 5.41) is 0.251. The van der Waals surface area contributed by atoms with Crippen LogP contribution in [0.5, 0.6) is 5.75 Å². The average Bonchev–Trinajstić information content (AvgIpc) is 3.14. The van der Waals surface area contributed by atoms with Gasteiger partial charge in [-0.2, -0.15) is 0 Å². The van der Waals surface area contributed by atoms with Crippen LogP contribution < -0.4 is 4.74 Å². The Balaban J connectivity index is 1.88. The van der Waals surface area contributed by atoms with Crippen LogP contribution in [-0.4, -0.2) is 42.3 Å². The van der Waals surface area contributed by atoms with Crippen molar-refractivity contribution in [1.29, 1.82) is 0 Å². The molecule has 0 N–H and O–H groups in total. The zero-order valence-electron chi connectivity index (χ0n) is 15.8. The van der Waals surface area contributed by atoms with Gasteiger partial charge >= 0.3 is 5.97 Å². The second kappa shape index (κ2) is 9.34. The zero-order valence-corrected chi connectivity index (χ0v) is 17.3. The summed E-state index contributed by atoms with van der Waals surface area (Å²) in [7, 11) is 1.60. The molecule has 1 fully saturated rings. The van der Waals surface area contributed by atoms with E-state index in [1.165, 1.54) is 11.8 Å². The van der Waals surface area contributed by atoms with Gasteiger partial charge in [0.05, 0.1) is 20.1 Å². The Morgan fingerprint density at radius 1 is 1.18 bits per heavy atom. The van der Waals surface area contributed by atoms with E-state index in [1.54, 1.807) is 25.0 Å². The number of benzene rings is 2. The molecule has 0 aliphatic carbocycles. The van der Waals surface area contributed by atoms with Crippen molar-refractivity contribution in [1.82, 2.24) is 4.90 Å². The smallest absolute Gasteiger partial charge is 0.329 e. The van der Waals surface area contributed by atoms with Crippen LogP contribution in [0.3, 0.4) is 0 Å². The van der Waals surface area contributed by atoms with E-state index in [2.05, 4.69) is 0 Å². The Labute approximate surface area is 174 Å². The van der Waals surface area contributed by atoms with Crippen molar-refractivity contribution in [3.63, 3.8) is 0 Å². The molecule has 3 rings (SSSR count). The van der Waals surface area contributed by atoms with Crippen molar-refractivity contribution in [2.24, 2.45) is 0 Å². The molecule has 1 saturated heterocycles. The predicted molar refractivity (Wildman–Crippen MR) is 111 cm³/mol. The van der Waals surface area contributed by atoms with Gasteiger partial charge in [0, 0.05) is 16.3 Å². The van der Waals surface area contributed by atoms with Crippen LogP contribution in [0.15, 0.2) is 48.5 Å². The van der Waals surface area contributed by atoms with Crippen LogP contribution >= 0.6 is 23.4 Å². The number of carbonyl (C=O) groups is 2. The number of rotatable bonds is 6. The fourth-order valence-electron chi connectivity index (χ4n) is 3.16. The summed E-state index contributed by atoms with van der Waals surface area (Å²) >= 11 is 7.90. The van der Waals surface area contributed by atoms with E-state index in [-0.39, 0.29) is 30.3 Å². The molecule has 2 unspecified atom stereocenters. The van der Waals surface area contributed by atoms with Crippen LogP contribution in [0.25, 0.3) is 0 Å². The Hall–Kier alpha value is -2.18. The normalized spacial score (nSPS) is 18.8. The lowest BCUT2D eigenvalue weighted by Crippen LogP contribution is -2.44. The first-order valence-electron chi connectivity index (χ1n) is 9.02. The summed E-state index contributed by atoms with van der Waals surface area (Å²) in [6.45, 7) is 2.03. The number of ether oxygens (including phenoxy) is 2. The largest absolute Gasteiger partial charge is 0.497 e. The lowest BCUT2D eigenvalue weighted by molar-refractivity contribution is -0.153. The SMILES string of the molecule is CCOC(=O)C1CSC(c2ccccc2Cl)N1C(=O)Cc1ccc(OC)cc1. The van der Waals surface area contributed by atoms with Gasteiger partial charge in [-0.3, -0.25) is 4.79 Å². The maximum Gasteiger partial charge on any atom is 0.329 e. The molecule has 148 valence electrons. The summed E-state index contributed by atoms with van der Waals surface area (Å²) < 4.78 is 10.4. The topological polar surface area (TPSA) is 55.8 Å². The molecule has 7 heteroatoms. The minimum atomic E-state index is -0.628. The van der Waals surface area contributed by atoms with Crippen molar-refractivity contribution in [3.8, 4) is 5.75 Å². The highest BCUT2D eigenvalue weighted by Crippen LogP contribution is 2.44. The number of carbonyl (C=O) groups excluding carboxylic acids is 2. The summed E-state index contributed by atoms with van der Waals surface area (Å²) in [6, 6.07) is 14.1. The highest BCUT2D eigenvalue weighted by Gasteiger charge is 2.43. The standard InChI is InChI=1S/C21H22ClNO4S/c1-3-27-21(25)18-13-28-20(16-6-4-5-7-17(16)22)23(18)19(24)12-14-8-10-15(26-2)11-9-14/h4-11,18,20H,3,12-13H2,1-2H3. The van der Waals surface area contributed by atoms with Gasteiger partial charge in [-0.25, -0.2) is 4.79 Å². The third-order valence-corrected chi connectivity index (χ3v) is 6.18. The van der Waals surface area contributed by atoms with E-state index < -0.39 is 6.04 Å². The number of methoxy groups -OCH3 is 1. The number of hydrogen-bond acceptors (Lipinski definition) is 5. The number of nitrogens with zero attached hydrogens (tertiary/aromatic N) is 1. The number of halogens is 1. The monoisotopic (exact) mass is 419 g/mol. The van der Waals surface area contributed by atoms with Crippen LogP contribution in [0.2, 0.25) is 5.02 Å². The van der Waals surface area contributed by atoms with Crippen molar-refractivity contribution in [3.05, 3.63) is 64.7 Å². The molecular weight excluding hydrogens is 398 g/mol. The van der Waals surface area contributed by atoms with Crippen molar-refractivity contribution in [2.75, 3.05) is 19.5 Å². The second-order valence-electron chi connectivity index (χ2n) is 6.30. The molecule has 1 heterocycles. The number of hydrogen-bond donors (Lipinski definition) is 0. The van der Waals surface area contributed by atoms with E-state index in [9.17, 15) is 9.59 Å². The predicted octanol–water partition coefficient (Wildman–Crippen LogP) is 4.10. The molecule has 2 aromatic rings. The molecule has 2 aromatic carbocycles. The van der Waals surface area contributed by atoms with Crippen LogP contribution in [0.4, 0.5) is 0 Å². The first-order valence-corrected chi connectivity index (χ1v) is 10.4. The third kappa shape index (κ3) is 4.45. The molecule has 0 aromatic heterocycles. The molecule has 0 bridgehead atoms. The molecule has 1 amide bonds. The minimum absolute atomic E-state index is 0.141. The third-order valence-electron chi connectivity index (χ3n) is 4.53. The summed E-state index contributed by atoms with van der Waals surface area (Å²) in [6.07, 6.45) is 0.182. The Kier molecular flexibility index (Phi) is 6.86. The Bertz CT molecular complexity index is 843. The van der Waals surface area contributed by atoms with Gasteiger partial charge < -0.3 is 14.4 Å². The lowest BCUT2D eigenvalue weighted by Gasteiger charge is -2.29. The molecule has 0 radical (unpaired) electrons. The minimum Gasteiger partial charge on any atom is -0.497 e. The molecular formula is C21H22ClNO4S. The fourth-order valence-corrected chi connectivity index (χ4v) is 4.93. The van der Waals surface area contributed by atoms with Gasteiger partial charge in [-0.1, -0.05) is 41.9 Å². The van der Waals surface area contributed by atoms with Crippen molar-refractivity contribution >= 4 is 35.2 Å². The zero-order chi connectivity index (χ0) is 20.1. The van der Waals surface area contributed by atoms with Crippen LogP contribution in [-0.2, 0) is 20.7 Å². The maximum absolute atomic E-state index is 13.2. The van der Waals surface area contributed by atoms with E-state index in [1.807, 2.05) is 42.5 Å². The van der Waals surface area contributed by atoms with Gasteiger partial charge in [0.25, 0.3) is 0 Å². The van der Waals surface area contributed by atoms with Gasteiger partial charge in [0.15, 0.2) is 0 Å². The lowest BCUT2D eigenvalue weighted by atomic mass is 10.1. The first-order chi connectivity index (χ1) is 13.5. The highest BCUT2D eigenvalue weighted by molar-refractivity contribution is 7.99. The van der Waals surface area contributed by atoms with E-state index in [4.69, 9.17) is 21.1 Å². The van der Waals surface area contributed by atoms with Gasteiger partial charge in [-0.15, -0.1) is 11.8 Å². The van der Waals surface area contributed by atoms with Crippen LogP contribution in [0.1, 0.15) is 23.4 Å². The number of esters is 1. The highest BCUT2D eigenvalue weighted by atomic mass is 35.5.